The van der Waals surface area contributed by atoms with E-state index < -0.39 is 5.91 Å². The van der Waals surface area contributed by atoms with Crippen molar-refractivity contribution in [2.45, 2.75) is 12.8 Å². The molecule has 1 saturated heterocycles. The van der Waals surface area contributed by atoms with Gasteiger partial charge in [0.05, 0.1) is 23.1 Å². The zero-order valence-electron chi connectivity index (χ0n) is 16.2. The van der Waals surface area contributed by atoms with Crippen molar-refractivity contribution in [3.05, 3.63) is 72.3 Å². The van der Waals surface area contributed by atoms with E-state index >= 15 is 0 Å². The zero-order chi connectivity index (χ0) is 21.1. The number of carbonyl (C=O) groups is 4. The third-order valence-corrected chi connectivity index (χ3v) is 5.38. The van der Waals surface area contributed by atoms with Gasteiger partial charge in [-0.25, -0.2) is 0 Å². The summed E-state index contributed by atoms with van der Waals surface area (Å²) in [6.45, 7) is -0.362. The molecule has 7 heteroatoms. The fourth-order valence-electron chi connectivity index (χ4n) is 3.87. The standard InChI is InChI=1S/C23H21N3O4/c27-20(14-26-22(29)16-10-4-5-11-17(16)23(26)30)25-19-13-7-6-12-18(19)21(28)24-15-8-2-1-3-9-15/h1-9,12-13,16-17H,10-11,14H2,(H,24,28)(H,25,27)/t16-,17-/m0/s1. The van der Waals surface area contributed by atoms with E-state index in [1.54, 1.807) is 48.5 Å². The Balaban J connectivity index is 1.45. The van der Waals surface area contributed by atoms with Crippen LogP contribution in [0.4, 0.5) is 11.4 Å². The molecular weight excluding hydrogens is 382 g/mol. The fourth-order valence-corrected chi connectivity index (χ4v) is 3.87. The summed E-state index contributed by atoms with van der Waals surface area (Å²) in [5.74, 6) is -2.26. The molecule has 4 amide bonds. The smallest absolute Gasteiger partial charge is 0.257 e. The number of nitrogens with zero attached hydrogens (tertiary/aromatic N) is 1. The Hall–Kier alpha value is -3.74. The van der Waals surface area contributed by atoms with Crippen LogP contribution in [0.15, 0.2) is 66.7 Å². The van der Waals surface area contributed by atoms with E-state index in [0.717, 1.165) is 4.90 Å². The van der Waals surface area contributed by atoms with Gasteiger partial charge in [0.1, 0.15) is 6.54 Å². The molecule has 0 saturated carbocycles. The Morgan fingerprint density at radius 3 is 2.10 bits per heavy atom. The lowest BCUT2D eigenvalue weighted by atomic mass is 9.85. The number of para-hydroxylation sites is 2. The van der Waals surface area contributed by atoms with Gasteiger partial charge < -0.3 is 10.6 Å². The third-order valence-electron chi connectivity index (χ3n) is 5.38. The summed E-state index contributed by atoms with van der Waals surface area (Å²) in [6, 6.07) is 15.6. The number of benzene rings is 2. The number of hydrogen-bond donors (Lipinski definition) is 2. The van der Waals surface area contributed by atoms with Crippen LogP contribution in [0.3, 0.4) is 0 Å². The Morgan fingerprint density at radius 2 is 1.43 bits per heavy atom. The summed E-state index contributed by atoms with van der Waals surface area (Å²) in [7, 11) is 0. The molecule has 0 spiro atoms. The minimum atomic E-state index is -0.525. The van der Waals surface area contributed by atoms with E-state index in [9.17, 15) is 19.2 Å². The Morgan fingerprint density at radius 1 is 0.833 bits per heavy atom. The molecule has 0 aromatic heterocycles. The predicted molar refractivity (Wildman–Crippen MR) is 112 cm³/mol. The van der Waals surface area contributed by atoms with Gasteiger partial charge in [0, 0.05) is 5.69 Å². The van der Waals surface area contributed by atoms with Crippen molar-refractivity contribution in [1.82, 2.24) is 4.90 Å². The van der Waals surface area contributed by atoms with Crippen molar-refractivity contribution in [2.75, 3.05) is 17.2 Å². The SMILES string of the molecule is O=C(CN1C(=O)[C@H]2CC=CC[C@@H]2C1=O)Nc1ccccc1C(=O)Nc1ccccc1. The van der Waals surface area contributed by atoms with Gasteiger partial charge in [-0.05, 0) is 37.1 Å². The molecule has 0 radical (unpaired) electrons. The molecule has 0 bridgehead atoms. The highest BCUT2D eigenvalue weighted by atomic mass is 16.2. The van der Waals surface area contributed by atoms with Gasteiger partial charge in [0.25, 0.3) is 5.91 Å². The molecule has 1 fully saturated rings. The van der Waals surface area contributed by atoms with Crippen LogP contribution in [-0.4, -0.2) is 35.1 Å². The van der Waals surface area contributed by atoms with Crippen LogP contribution in [0, 0.1) is 11.8 Å². The number of nitrogens with one attached hydrogen (secondary N) is 2. The minimum Gasteiger partial charge on any atom is -0.324 e. The highest BCUT2D eigenvalue weighted by molar-refractivity contribution is 6.12. The molecular formula is C23H21N3O4. The van der Waals surface area contributed by atoms with Crippen molar-refractivity contribution in [3.63, 3.8) is 0 Å². The molecule has 1 aliphatic carbocycles. The van der Waals surface area contributed by atoms with Crippen molar-refractivity contribution in [1.29, 1.82) is 0 Å². The average Bonchev–Trinajstić information content (AvgIpc) is 3.00. The summed E-state index contributed by atoms with van der Waals surface area (Å²) in [5.41, 5.74) is 1.23. The van der Waals surface area contributed by atoms with Gasteiger partial charge in [0.15, 0.2) is 0 Å². The van der Waals surface area contributed by atoms with Gasteiger partial charge in [-0.15, -0.1) is 0 Å². The molecule has 7 nitrogen and oxygen atoms in total. The van der Waals surface area contributed by atoms with E-state index in [0.29, 0.717) is 24.2 Å². The van der Waals surface area contributed by atoms with Crippen LogP contribution in [0.5, 0.6) is 0 Å². The largest absolute Gasteiger partial charge is 0.324 e. The normalized spacial score (nSPS) is 20.1. The van der Waals surface area contributed by atoms with E-state index in [2.05, 4.69) is 10.6 Å². The Bertz CT molecular complexity index is 1010. The molecule has 2 aliphatic rings. The van der Waals surface area contributed by atoms with Gasteiger partial charge in [0.2, 0.25) is 17.7 Å². The molecule has 1 heterocycles. The summed E-state index contributed by atoms with van der Waals surface area (Å²) < 4.78 is 0. The quantitative estimate of drug-likeness (QED) is 0.593. The van der Waals surface area contributed by atoms with Crippen LogP contribution in [-0.2, 0) is 14.4 Å². The van der Waals surface area contributed by atoms with Crippen LogP contribution in [0.2, 0.25) is 0 Å². The predicted octanol–water partition coefficient (Wildman–Crippen LogP) is 2.83. The Kier molecular flexibility index (Phi) is 5.43. The van der Waals surface area contributed by atoms with Crippen LogP contribution < -0.4 is 10.6 Å². The molecule has 152 valence electrons. The van der Waals surface area contributed by atoms with Gasteiger partial charge >= 0.3 is 0 Å². The van der Waals surface area contributed by atoms with Crippen LogP contribution >= 0.6 is 0 Å². The van der Waals surface area contributed by atoms with E-state index in [1.165, 1.54) is 0 Å². The minimum absolute atomic E-state index is 0.284. The number of amides is 4. The number of anilines is 2. The molecule has 2 aromatic carbocycles. The molecule has 30 heavy (non-hydrogen) atoms. The number of carbonyl (C=O) groups excluding carboxylic acids is 4. The van der Waals surface area contributed by atoms with Gasteiger partial charge in [-0.1, -0.05) is 42.5 Å². The van der Waals surface area contributed by atoms with Crippen molar-refractivity contribution < 1.29 is 19.2 Å². The maximum Gasteiger partial charge on any atom is 0.257 e. The second kappa shape index (κ2) is 8.32. The Labute approximate surface area is 173 Å². The number of imide groups is 1. The summed E-state index contributed by atoms with van der Waals surface area (Å²) in [5, 5.41) is 5.44. The van der Waals surface area contributed by atoms with Gasteiger partial charge in [-0.2, -0.15) is 0 Å². The number of allylic oxidation sites excluding steroid dienone is 2. The molecule has 2 aromatic rings. The first-order valence-electron chi connectivity index (χ1n) is 9.80. The average molecular weight is 403 g/mol. The topological polar surface area (TPSA) is 95.6 Å². The fraction of sp³-hybridized carbons (Fsp3) is 0.217. The van der Waals surface area contributed by atoms with Crippen LogP contribution in [0.25, 0.3) is 0 Å². The maximum atomic E-state index is 12.6. The van der Waals surface area contributed by atoms with E-state index in [1.807, 2.05) is 18.2 Å². The number of fused-ring (bicyclic) bond motifs is 1. The lowest BCUT2D eigenvalue weighted by molar-refractivity contribution is -0.142. The van der Waals surface area contributed by atoms with Crippen molar-refractivity contribution in [3.8, 4) is 0 Å². The first kappa shape index (κ1) is 19.6. The van der Waals surface area contributed by atoms with E-state index in [4.69, 9.17) is 0 Å². The molecule has 4 rings (SSSR count). The molecule has 2 atom stereocenters. The lowest BCUT2D eigenvalue weighted by Gasteiger charge is -2.16. The summed E-state index contributed by atoms with van der Waals surface area (Å²) >= 11 is 0. The number of rotatable bonds is 5. The third kappa shape index (κ3) is 3.87. The van der Waals surface area contributed by atoms with Crippen molar-refractivity contribution in [2.24, 2.45) is 11.8 Å². The highest BCUT2D eigenvalue weighted by Gasteiger charge is 2.47. The molecule has 2 N–H and O–H groups in total. The number of hydrogen-bond acceptors (Lipinski definition) is 4. The second-order valence-corrected chi connectivity index (χ2v) is 7.33. The molecule has 1 aliphatic heterocycles. The molecule has 0 unspecified atom stereocenters. The maximum absolute atomic E-state index is 12.6. The zero-order valence-corrected chi connectivity index (χ0v) is 16.2. The highest BCUT2D eigenvalue weighted by Crippen LogP contribution is 2.34. The van der Waals surface area contributed by atoms with Gasteiger partial charge in [-0.3, -0.25) is 24.1 Å². The monoisotopic (exact) mass is 403 g/mol. The lowest BCUT2D eigenvalue weighted by Crippen LogP contribution is -2.38. The number of likely N-dealkylation sites (tertiary alicyclic amines) is 1. The second-order valence-electron chi connectivity index (χ2n) is 7.33. The summed E-state index contributed by atoms with van der Waals surface area (Å²) in [4.78, 5) is 51.4. The summed E-state index contributed by atoms with van der Waals surface area (Å²) in [6.07, 6.45) is 4.85. The first-order chi connectivity index (χ1) is 14.5. The van der Waals surface area contributed by atoms with Crippen molar-refractivity contribution >= 4 is 35.0 Å². The first-order valence-corrected chi connectivity index (χ1v) is 9.80. The van der Waals surface area contributed by atoms with Crippen LogP contribution in [0.1, 0.15) is 23.2 Å². The van der Waals surface area contributed by atoms with E-state index in [-0.39, 0.29) is 41.7 Å².